The number of primary sulfonamides is 1. The lowest BCUT2D eigenvalue weighted by molar-refractivity contribution is -0.119. The number of amides is 1. The van der Waals surface area contributed by atoms with Crippen molar-refractivity contribution < 1.29 is 22.4 Å². The first kappa shape index (κ1) is 20.7. The van der Waals surface area contributed by atoms with E-state index in [-0.39, 0.29) is 33.6 Å². The highest BCUT2D eigenvalue weighted by molar-refractivity contribution is 7.89. The van der Waals surface area contributed by atoms with Gasteiger partial charge in [-0.25, -0.2) is 17.9 Å². The number of benzene rings is 2. The van der Waals surface area contributed by atoms with Gasteiger partial charge in [-0.1, -0.05) is 17.7 Å². The third-order valence-corrected chi connectivity index (χ3v) is 6.71. The molecule has 30 heavy (non-hydrogen) atoms. The number of allylic oxidation sites excluding steroid dienone is 2. The molecule has 2 aliphatic rings. The van der Waals surface area contributed by atoms with Crippen molar-refractivity contribution in [2.24, 2.45) is 5.14 Å². The molecule has 156 valence electrons. The second-order valence-corrected chi connectivity index (χ2v) is 9.27. The molecule has 6 nitrogen and oxygen atoms in total. The van der Waals surface area contributed by atoms with Gasteiger partial charge in [0.05, 0.1) is 4.90 Å². The zero-order valence-corrected chi connectivity index (χ0v) is 17.3. The van der Waals surface area contributed by atoms with Gasteiger partial charge >= 0.3 is 0 Å². The molecule has 4 rings (SSSR count). The molecule has 0 saturated carbocycles. The molecule has 2 N–H and O–H groups in total. The Balaban J connectivity index is 1.86. The van der Waals surface area contributed by atoms with Gasteiger partial charge in [-0.3, -0.25) is 14.5 Å². The van der Waals surface area contributed by atoms with Gasteiger partial charge in [-0.05, 0) is 49.2 Å². The van der Waals surface area contributed by atoms with Crippen molar-refractivity contribution in [1.29, 1.82) is 0 Å². The van der Waals surface area contributed by atoms with Crippen LogP contribution in [0.2, 0.25) is 5.02 Å². The Labute approximate surface area is 178 Å². The Morgan fingerprint density at radius 3 is 2.40 bits per heavy atom. The summed E-state index contributed by atoms with van der Waals surface area (Å²) in [5.41, 5.74) is 1.48. The Kier molecular flexibility index (Phi) is 5.25. The normalized spacial score (nSPS) is 19.8. The molecular formula is C21H18ClFN2O4S. The maximum absolute atomic E-state index is 14.6. The fourth-order valence-corrected chi connectivity index (χ4v) is 4.98. The second kappa shape index (κ2) is 7.61. The smallest absolute Gasteiger partial charge is 0.238 e. The van der Waals surface area contributed by atoms with Crippen LogP contribution in [0.5, 0.6) is 0 Å². The number of nitrogens with two attached hydrogens (primary N) is 1. The standard InChI is InChI=1S/C21H18ClFN2O4S/c22-15-3-1-4-16(23)20(15)14-11-19(27)25(17-5-2-6-18(26)21(14)17)12-7-9-13(10-8-12)30(24,28)29/h1,3-4,7-10,14H,2,5-6,11H2,(H2,24,28,29). The molecule has 1 atom stereocenters. The topological polar surface area (TPSA) is 97.5 Å². The SMILES string of the molecule is NS(=O)(=O)c1ccc(N2C(=O)CC(c3c(F)cccc3Cl)C3=C2CCCC3=O)cc1. The average molecular weight is 449 g/mol. The number of halogens is 2. The third kappa shape index (κ3) is 3.55. The van der Waals surface area contributed by atoms with Crippen molar-refractivity contribution in [3.63, 3.8) is 0 Å². The third-order valence-electron chi connectivity index (χ3n) is 5.45. The van der Waals surface area contributed by atoms with Crippen LogP contribution in [0, 0.1) is 5.82 Å². The van der Waals surface area contributed by atoms with E-state index in [0.29, 0.717) is 36.2 Å². The van der Waals surface area contributed by atoms with Crippen molar-refractivity contribution >= 4 is 39.0 Å². The maximum atomic E-state index is 14.6. The maximum Gasteiger partial charge on any atom is 0.238 e. The first-order valence-corrected chi connectivity index (χ1v) is 11.3. The van der Waals surface area contributed by atoms with Gasteiger partial charge < -0.3 is 0 Å². The van der Waals surface area contributed by atoms with Crippen molar-refractivity contribution in [1.82, 2.24) is 0 Å². The van der Waals surface area contributed by atoms with Gasteiger partial charge in [-0.15, -0.1) is 0 Å². The van der Waals surface area contributed by atoms with E-state index < -0.39 is 21.8 Å². The van der Waals surface area contributed by atoms with Gasteiger partial charge in [0, 0.05) is 46.3 Å². The highest BCUT2D eigenvalue weighted by Crippen LogP contribution is 2.45. The minimum atomic E-state index is -3.88. The van der Waals surface area contributed by atoms with Crippen LogP contribution in [0.1, 0.15) is 37.2 Å². The second-order valence-electron chi connectivity index (χ2n) is 7.30. The van der Waals surface area contributed by atoms with Crippen LogP contribution >= 0.6 is 11.6 Å². The number of ketones is 1. The van der Waals surface area contributed by atoms with Crippen LogP contribution in [0.4, 0.5) is 10.1 Å². The molecule has 0 saturated heterocycles. The summed E-state index contributed by atoms with van der Waals surface area (Å²) in [6.07, 6.45) is 1.22. The molecule has 0 aromatic heterocycles. The number of carbonyl (C=O) groups is 2. The number of hydrogen-bond acceptors (Lipinski definition) is 4. The molecule has 0 radical (unpaired) electrons. The summed E-state index contributed by atoms with van der Waals surface area (Å²) in [5.74, 6) is -1.78. The summed E-state index contributed by atoms with van der Waals surface area (Å²) < 4.78 is 37.6. The quantitative estimate of drug-likeness (QED) is 0.774. The van der Waals surface area contributed by atoms with Crippen LogP contribution in [0.3, 0.4) is 0 Å². The number of anilines is 1. The van der Waals surface area contributed by atoms with E-state index in [2.05, 4.69) is 0 Å². The molecule has 0 spiro atoms. The fraction of sp³-hybridized carbons (Fsp3) is 0.238. The number of carbonyl (C=O) groups excluding carboxylic acids is 2. The lowest BCUT2D eigenvalue weighted by atomic mass is 9.77. The van der Waals surface area contributed by atoms with E-state index in [0.717, 1.165) is 0 Å². The van der Waals surface area contributed by atoms with Crippen molar-refractivity contribution in [2.45, 2.75) is 36.5 Å². The molecule has 0 fully saturated rings. The summed E-state index contributed by atoms with van der Waals surface area (Å²) >= 11 is 6.24. The first-order valence-electron chi connectivity index (χ1n) is 9.34. The number of rotatable bonds is 3. The van der Waals surface area contributed by atoms with E-state index >= 15 is 0 Å². The Bertz CT molecular complexity index is 1170. The molecule has 9 heteroatoms. The lowest BCUT2D eigenvalue weighted by Gasteiger charge is -2.38. The van der Waals surface area contributed by atoms with Gasteiger partial charge in [0.2, 0.25) is 15.9 Å². The highest BCUT2D eigenvalue weighted by atomic mass is 35.5. The summed E-state index contributed by atoms with van der Waals surface area (Å²) in [6, 6.07) is 9.83. The first-order chi connectivity index (χ1) is 14.2. The molecule has 0 bridgehead atoms. The van der Waals surface area contributed by atoms with Gasteiger partial charge in [0.15, 0.2) is 5.78 Å². The van der Waals surface area contributed by atoms with E-state index in [1.165, 1.54) is 47.4 Å². The Hall–Kier alpha value is -2.55. The zero-order valence-electron chi connectivity index (χ0n) is 15.8. The molecule has 2 aromatic rings. The molecule has 1 unspecified atom stereocenters. The van der Waals surface area contributed by atoms with Crippen molar-refractivity contribution in [3.8, 4) is 0 Å². The molecule has 2 aromatic carbocycles. The van der Waals surface area contributed by atoms with E-state index in [4.69, 9.17) is 16.7 Å². The molecule has 1 aliphatic carbocycles. The van der Waals surface area contributed by atoms with Crippen LogP contribution in [-0.4, -0.2) is 20.1 Å². The van der Waals surface area contributed by atoms with E-state index in [1.54, 1.807) is 0 Å². The predicted octanol–water partition coefficient (Wildman–Crippen LogP) is 3.65. The fourth-order valence-electron chi connectivity index (χ4n) is 4.17. The van der Waals surface area contributed by atoms with Crippen molar-refractivity contribution in [3.05, 3.63) is 70.1 Å². The molecule has 1 aliphatic heterocycles. The number of hydrogen-bond donors (Lipinski definition) is 1. The molecule has 1 heterocycles. The van der Waals surface area contributed by atoms with Gasteiger partial charge in [0.25, 0.3) is 0 Å². The number of nitrogens with zero attached hydrogens (tertiary/aromatic N) is 1. The molecule has 1 amide bonds. The average Bonchev–Trinajstić information content (AvgIpc) is 2.67. The number of sulfonamides is 1. The summed E-state index contributed by atoms with van der Waals surface area (Å²) in [5, 5.41) is 5.31. The minimum Gasteiger partial charge on any atom is -0.294 e. The van der Waals surface area contributed by atoms with Crippen molar-refractivity contribution in [2.75, 3.05) is 4.90 Å². The zero-order chi connectivity index (χ0) is 21.6. The minimum absolute atomic E-state index is 0.0827. The van der Waals surface area contributed by atoms with Gasteiger partial charge in [0.1, 0.15) is 5.82 Å². The largest absolute Gasteiger partial charge is 0.294 e. The summed E-state index contributed by atoms with van der Waals surface area (Å²) in [7, 11) is -3.88. The highest BCUT2D eigenvalue weighted by Gasteiger charge is 2.41. The van der Waals surface area contributed by atoms with Crippen LogP contribution < -0.4 is 10.0 Å². The Morgan fingerprint density at radius 2 is 1.77 bits per heavy atom. The summed E-state index contributed by atoms with van der Waals surface area (Å²) in [4.78, 5) is 27.3. The number of Topliss-reactive ketones (excluding diaryl/α,β-unsaturated/α-hetero) is 1. The van der Waals surface area contributed by atoms with Crippen LogP contribution in [-0.2, 0) is 19.6 Å². The van der Waals surface area contributed by atoms with Crippen LogP contribution in [0.25, 0.3) is 0 Å². The lowest BCUT2D eigenvalue weighted by Crippen LogP contribution is -2.40. The summed E-state index contributed by atoms with van der Waals surface area (Å²) in [6.45, 7) is 0. The van der Waals surface area contributed by atoms with E-state index in [9.17, 15) is 22.4 Å². The predicted molar refractivity (Wildman–Crippen MR) is 110 cm³/mol. The Morgan fingerprint density at radius 1 is 1.07 bits per heavy atom. The molecular weight excluding hydrogens is 431 g/mol. The van der Waals surface area contributed by atoms with Gasteiger partial charge in [-0.2, -0.15) is 0 Å². The van der Waals surface area contributed by atoms with E-state index in [1.807, 2.05) is 0 Å². The monoisotopic (exact) mass is 448 g/mol. The van der Waals surface area contributed by atoms with Crippen LogP contribution in [0.15, 0.2) is 58.6 Å².